The Bertz CT molecular complexity index is 1180. The first-order chi connectivity index (χ1) is 16.0. The van der Waals surface area contributed by atoms with Gasteiger partial charge in [-0.1, -0.05) is 37.6 Å². The molecule has 4 rings (SSSR count). The third kappa shape index (κ3) is 5.00. The predicted octanol–water partition coefficient (Wildman–Crippen LogP) is 4.29. The molecule has 1 fully saturated rings. The van der Waals surface area contributed by atoms with Crippen LogP contribution in [0.25, 0.3) is 11.3 Å². The van der Waals surface area contributed by atoms with Crippen LogP contribution in [0.15, 0.2) is 52.7 Å². The third-order valence-corrected chi connectivity index (χ3v) is 8.60. The van der Waals surface area contributed by atoms with E-state index >= 15 is 0 Å². The molecular formula is C24H29N3O4S2. The van der Waals surface area contributed by atoms with Gasteiger partial charge in [0.05, 0.1) is 19.9 Å². The number of rotatable bonds is 8. The second-order valence-corrected chi connectivity index (χ2v) is 10.6. The first-order valence-electron chi connectivity index (χ1n) is 11.0. The van der Waals surface area contributed by atoms with Gasteiger partial charge in [0.1, 0.15) is 16.4 Å². The topological polar surface area (TPSA) is 72.0 Å². The lowest BCUT2D eigenvalue weighted by atomic mass is 10.1. The number of piperazine rings is 1. The summed E-state index contributed by atoms with van der Waals surface area (Å²) >= 11 is 1.59. The zero-order valence-corrected chi connectivity index (χ0v) is 20.8. The summed E-state index contributed by atoms with van der Waals surface area (Å²) in [6.45, 7) is 4.09. The lowest BCUT2D eigenvalue weighted by Gasteiger charge is -2.34. The van der Waals surface area contributed by atoms with Crippen molar-refractivity contribution in [1.82, 2.24) is 9.29 Å². The molecule has 1 aliphatic heterocycles. The Morgan fingerprint density at radius 1 is 1.00 bits per heavy atom. The summed E-state index contributed by atoms with van der Waals surface area (Å²) in [6.07, 6.45) is 2.21. The molecule has 0 radical (unpaired) electrons. The van der Waals surface area contributed by atoms with Crippen LogP contribution in [0.3, 0.4) is 0 Å². The molecule has 1 aromatic heterocycles. The van der Waals surface area contributed by atoms with Gasteiger partial charge in [0.15, 0.2) is 5.13 Å². The van der Waals surface area contributed by atoms with Crippen molar-refractivity contribution >= 4 is 26.5 Å². The van der Waals surface area contributed by atoms with Crippen molar-refractivity contribution in [3.05, 3.63) is 53.4 Å². The van der Waals surface area contributed by atoms with E-state index in [-0.39, 0.29) is 4.90 Å². The molecule has 0 bridgehead atoms. The van der Waals surface area contributed by atoms with Gasteiger partial charge >= 0.3 is 0 Å². The van der Waals surface area contributed by atoms with Crippen molar-refractivity contribution in [3.8, 4) is 22.8 Å². The van der Waals surface area contributed by atoms with Gasteiger partial charge in [-0.3, -0.25) is 0 Å². The van der Waals surface area contributed by atoms with Gasteiger partial charge in [0, 0.05) is 43.2 Å². The Labute approximate surface area is 199 Å². The maximum Gasteiger partial charge on any atom is 0.247 e. The Kier molecular flexibility index (Phi) is 7.21. The van der Waals surface area contributed by atoms with E-state index in [0.29, 0.717) is 37.7 Å². The van der Waals surface area contributed by atoms with E-state index in [2.05, 4.69) is 41.5 Å². The third-order valence-electron chi connectivity index (χ3n) is 5.78. The molecule has 176 valence electrons. The van der Waals surface area contributed by atoms with Gasteiger partial charge in [-0.25, -0.2) is 13.4 Å². The number of aromatic nitrogens is 1. The predicted molar refractivity (Wildman–Crippen MR) is 132 cm³/mol. The highest BCUT2D eigenvalue weighted by Crippen LogP contribution is 2.32. The Balaban J connectivity index is 1.45. The molecule has 33 heavy (non-hydrogen) atoms. The fraction of sp³-hybridized carbons (Fsp3) is 0.375. The normalized spacial score (nSPS) is 14.9. The van der Waals surface area contributed by atoms with Crippen LogP contribution in [0.4, 0.5) is 5.13 Å². The molecule has 0 saturated carbocycles. The maximum atomic E-state index is 13.3. The molecular weight excluding hydrogens is 458 g/mol. The average molecular weight is 488 g/mol. The molecule has 0 atom stereocenters. The largest absolute Gasteiger partial charge is 0.497 e. The van der Waals surface area contributed by atoms with Crippen molar-refractivity contribution in [2.75, 3.05) is 45.3 Å². The SMILES string of the molecule is CCCc1ccc(-c2csc(N3CCN(S(=O)(=O)c4cc(OC)ccc4OC)CC3)n2)cc1. The summed E-state index contributed by atoms with van der Waals surface area (Å²) in [4.78, 5) is 7.09. The fourth-order valence-electron chi connectivity index (χ4n) is 3.92. The Hall–Kier alpha value is -2.62. The van der Waals surface area contributed by atoms with Crippen LogP contribution in [-0.2, 0) is 16.4 Å². The summed E-state index contributed by atoms with van der Waals surface area (Å²) in [5, 5.41) is 2.98. The van der Waals surface area contributed by atoms with Crippen molar-refractivity contribution in [1.29, 1.82) is 0 Å². The molecule has 1 aliphatic rings. The van der Waals surface area contributed by atoms with Crippen molar-refractivity contribution < 1.29 is 17.9 Å². The molecule has 2 aromatic carbocycles. The van der Waals surface area contributed by atoms with Crippen molar-refractivity contribution in [2.24, 2.45) is 0 Å². The number of ether oxygens (including phenoxy) is 2. The minimum Gasteiger partial charge on any atom is -0.497 e. The number of hydrogen-bond acceptors (Lipinski definition) is 7. The molecule has 9 heteroatoms. The number of aryl methyl sites for hydroxylation is 1. The summed E-state index contributed by atoms with van der Waals surface area (Å²) in [7, 11) is -0.724. The average Bonchev–Trinajstić information content (AvgIpc) is 3.35. The lowest BCUT2D eigenvalue weighted by molar-refractivity contribution is 0.370. The van der Waals surface area contributed by atoms with Crippen LogP contribution < -0.4 is 14.4 Å². The first-order valence-corrected chi connectivity index (χ1v) is 13.3. The van der Waals surface area contributed by atoms with Crippen LogP contribution in [0.2, 0.25) is 0 Å². The first kappa shape index (κ1) is 23.5. The highest BCUT2D eigenvalue weighted by Gasteiger charge is 2.32. The van der Waals surface area contributed by atoms with Crippen LogP contribution in [-0.4, -0.2) is 58.1 Å². The minimum absolute atomic E-state index is 0.126. The molecule has 0 unspecified atom stereocenters. The van der Waals surface area contributed by atoms with Gasteiger partial charge in [0.2, 0.25) is 10.0 Å². The summed E-state index contributed by atoms with van der Waals surface area (Å²) in [6, 6.07) is 13.4. The fourth-order valence-corrected chi connectivity index (χ4v) is 6.40. The Morgan fingerprint density at radius 3 is 2.36 bits per heavy atom. The number of thiazole rings is 1. The molecule has 7 nitrogen and oxygen atoms in total. The molecule has 2 heterocycles. The smallest absolute Gasteiger partial charge is 0.247 e. The van der Waals surface area contributed by atoms with E-state index < -0.39 is 10.0 Å². The molecule has 1 saturated heterocycles. The van der Waals surface area contributed by atoms with E-state index in [0.717, 1.165) is 29.2 Å². The van der Waals surface area contributed by atoms with Gasteiger partial charge in [-0.15, -0.1) is 11.3 Å². The summed E-state index contributed by atoms with van der Waals surface area (Å²) in [5.74, 6) is 0.791. The van der Waals surface area contributed by atoms with Gasteiger partial charge < -0.3 is 14.4 Å². The van der Waals surface area contributed by atoms with Gasteiger partial charge in [0.25, 0.3) is 0 Å². The number of nitrogens with zero attached hydrogens (tertiary/aromatic N) is 3. The zero-order valence-electron chi connectivity index (χ0n) is 19.2. The second kappa shape index (κ2) is 10.1. The molecule has 0 spiro atoms. The minimum atomic E-state index is -3.71. The molecule has 3 aromatic rings. The van der Waals surface area contributed by atoms with E-state index in [9.17, 15) is 8.42 Å². The molecule has 0 N–H and O–H groups in total. The standard InChI is InChI=1S/C24H29N3O4S2/c1-4-5-18-6-8-19(9-7-18)21-17-32-24(25-21)26-12-14-27(15-13-26)33(28,29)23-16-20(30-2)10-11-22(23)31-3/h6-11,16-17H,4-5,12-15H2,1-3H3. The van der Waals surface area contributed by atoms with Crippen molar-refractivity contribution in [3.63, 3.8) is 0 Å². The number of anilines is 1. The monoisotopic (exact) mass is 487 g/mol. The second-order valence-electron chi connectivity index (χ2n) is 7.87. The van der Waals surface area contributed by atoms with Crippen LogP contribution in [0.1, 0.15) is 18.9 Å². The summed E-state index contributed by atoms with van der Waals surface area (Å²) < 4.78 is 38.6. The molecule has 0 amide bonds. The lowest BCUT2D eigenvalue weighted by Crippen LogP contribution is -2.48. The number of methoxy groups -OCH3 is 2. The van der Waals surface area contributed by atoms with Gasteiger partial charge in [-0.2, -0.15) is 4.31 Å². The zero-order chi connectivity index (χ0) is 23.4. The summed E-state index contributed by atoms with van der Waals surface area (Å²) in [5.41, 5.74) is 3.39. The number of benzene rings is 2. The van der Waals surface area contributed by atoms with E-state index in [1.54, 1.807) is 23.5 Å². The van der Waals surface area contributed by atoms with Crippen LogP contribution in [0, 0.1) is 0 Å². The highest BCUT2D eigenvalue weighted by atomic mass is 32.2. The molecule has 0 aliphatic carbocycles. The van der Waals surface area contributed by atoms with E-state index in [1.165, 1.54) is 30.2 Å². The van der Waals surface area contributed by atoms with Gasteiger partial charge in [-0.05, 0) is 24.1 Å². The Morgan fingerprint density at radius 2 is 1.73 bits per heavy atom. The number of sulfonamides is 1. The number of hydrogen-bond donors (Lipinski definition) is 0. The van der Waals surface area contributed by atoms with Crippen molar-refractivity contribution in [2.45, 2.75) is 24.7 Å². The maximum absolute atomic E-state index is 13.3. The van der Waals surface area contributed by atoms with E-state index in [4.69, 9.17) is 14.5 Å². The van der Waals surface area contributed by atoms with E-state index in [1.807, 2.05) is 0 Å². The van der Waals surface area contributed by atoms with Crippen LogP contribution in [0.5, 0.6) is 11.5 Å². The quantitative estimate of drug-likeness (QED) is 0.472. The highest BCUT2D eigenvalue weighted by molar-refractivity contribution is 7.89. The van der Waals surface area contributed by atoms with Crippen LogP contribution >= 0.6 is 11.3 Å².